The fourth-order valence-electron chi connectivity index (χ4n) is 3.14. The van der Waals surface area contributed by atoms with Gasteiger partial charge in [-0.05, 0) is 42.7 Å². The highest BCUT2D eigenvalue weighted by atomic mass is 16.5. The van der Waals surface area contributed by atoms with E-state index in [2.05, 4.69) is 33.5 Å². The second-order valence-electron chi connectivity index (χ2n) is 7.13. The molecule has 0 aliphatic carbocycles. The van der Waals surface area contributed by atoms with Gasteiger partial charge in [-0.3, -0.25) is 0 Å². The van der Waals surface area contributed by atoms with Crippen LogP contribution in [0.15, 0.2) is 64.0 Å². The zero-order valence-corrected chi connectivity index (χ0v) is 16.1. The minimum Gasteiger partial charge on any atom is -0.384 e. The smallest absolute Gasteiger partial charge is 0.132 e. The van der Waals surface area contributed by atoms with Crippen molar-refractivity contribution >= 4 is 12.1 Å². The Bertz CT molecular complexity index is 784. The van der Waals surface area contributed by atoms with Gasteiger partial charge in [0, 0.05) is 25.0 Å². The van der Waals surface area contributed by atoms with Crippen LogP contribution in [0.5, 0.6) is 0 Å². The van der Waals surface area contributed by atoms with Crippen LogP contribution in [-0.4, -0.2) is 42.8 Å². The van der Waals surface area contributed by atoms with E-state index in [0.717, 1.165) is 42.4 Å². The lowest BCUT2D eigenvalue weighted by Gasteiger charge is -2.37. The highest BCUT2D eigenvalue weighted by Crippen LogP contribution is 2.23. The Kier molecular flexibility index (Phi) is 5.81. The summed E-state index contributed by atoms with van der Waals surface area (Å²) in [4.78, 5) is 6.78. The van der Waals surface area contributed by atoms with E-state index in [0.29, 0.717) is 17.7 Å². The Labute approximate surface area is 160 Å². The second kappa shape index (κ2) is 8.26. The Balaban J connectivity index is 1.76. The summed E-state index contributed by atoms with van der Waals surface area (Å²) >= 11 is 0. The van der Waals surface area contributed by atoms with Crippen LogP contribution in [0.25, 0.3) is 0 Å². The van der Waals surface area contributed by atoms with Crippen molar-refractivity contribution in [3.05, 3.63) is 59.0 Å². The molecule has 0 spiro atoms. The summed E-state index contributed by atoms with van der Waals surface area (Å²) in [7, 11) is 0. The normalized spacial score (nSPS) is 23.4. The first kappa shape index (κ1) is 19.0. The predicted molar refractivity (Wildman–Crippen MR) is 109 cm³/mol. The molecule has 3 heterocycles. The molecule has 1 fully saturated rings. The molecular formula is C20H28N6O. The molecule has 0 radical (unpaired) electrons. The molecule has 7 heteroatoms. The number of fused-ring (bicyclic) bond motifs is 1. The van der Waals surface area contributed by atoms with Gasteiger partial charge in [0.1, 0.15) is 11.7 Å². The molecule has 3 aliphatic rings. The Morgan fingerprint density at radius 3 is 2.93 bits per heavy atom. The van der Waals surface area contributed by atoms with Crippen LogP contribution >= 0.6 is 0 Å². The molecule has 0 saturated carbocycles. The zero-order chi connectivity index (χ0) is 19.4. The molecule has 0 aromatic carbocycles. The van der Waals surface area contributed by atoms with Crippen molar-refractivity contribution in [3.63, 3.8) is 0 Å². The lowest BCUT2D eigenvalue weighted by molar-refractivity contribution is 0.0184. The molecule has 5 N–H and O–H groups in total. The lowest BCUT2D eigenvalue weighted by Crippen LogP contribution is -2.43. The first-order chi connectivity index (χ1) is 13.0. The molecule has 0 aromatic heterocycles. The van der Waals surface area contributed by atoms with Gasteiger partial charge in [0.15, 0.2) is 0 Å². The minimum atomic E-state index is 0.226. The first-order valence-electron chi connectivity index (χ1n) is 9.26. The van der Waals surface area contributed by atoms with E-state index in [4.69, 9.17) is 15.9 Å². The van der Waals surface area contributed by atoms with Crippen LogP contribution < -0.4 is 16.4 Å². The number of hydrogen-bond donors (Lipinski definition) is 4. The third-order valence-electron chi connectivity index (χ3n) is 4.73. The summed E-state index contributed by atoms with van der Waals surface area (Å²) in [5.74, 6) is 1.27. The molecule has 0 bridgehead atoms. The van der Waals surface area contributed by atoms with Crippen molar-refractivity contribution in [1.82, 2.24) is 15.5 Å². The Morgan fingerprint density at radius 2 is 2.22 bits per heavy atom. The lowest BCUT2D eigenvalue weighted by atomic mass is 10.0. The van der Waals surface area contributed by atoms with E-state index in [1.165, 1.54) is 6.21 Å². The quantitative estimate of drug-likeness (QED) is 0.439. The number of nitrogens with one attached hydrogen (secondary N) is 3. The van der Waals surface area contributed by atoms with E-state index in [1.807, 2.05) is 32.2 Å². The van der Waals surface area contributed by atoms with Crippen LogP contribution in [0.1, 0.15) is 20.8 Å². The maximum absolute atomic E-state index is 7.48. The van der Waals surface area contributed by atoms with Crippen molar-refractivity contribution < 1.29 is 4.74 Å². The summed E-state index contributed by atoms with van der Waals surface area (Å²) < 4.78 is 5.53. The average molecular weight is 368 g/mol. The monoisotopic (exact) mass is 368 g/mol. The SMILES string of the molecule is CC(C)C(C=N)=CC(N)=NC1=CC=C2NC=C(N3CCOC[C@@H]3C)C=C2N1. The Hall–Kier alpha value is -2.80. The summed E-state index contributed by atoms with van der Waals surface area (Å²) in [5, 5.41) is 14.1. The van der Waals surface area contributed by atoms with Gasteiger partial charge in [0.2, 0.25) is 0 Å². The maximum Gasteiger partial charge on any atom is 0.132 e. The molecule has 144 valence electrons. The second-order valence-corrected chi connectivity index (χ2v) is 7.13. The molecule has 0 aromatic rings. The topological polar surface area (TPSA) is 98.8 Å². The van der Waals surface area contributed by atoms with Crippen molar-refractivity contribution in [1.29, 1.82) is 5.41 Å². The van der Waals surface area contributed by atoms with Gasteiger partial charge in [0.05, 0.1) is 30.3 Å². The standard InChI is InChI=1S/C20H28N6O/c1-13(2)15(10-21)8-19(22)25-20-5-4-17-18(24-20)9-16(11-23-17)26-6-7-27-12-14(26)3/h4-5,8-11,13-14,21,23-24H,6-7,12H2,1-3H3,(H2,22,25)/t14-/m0/s1. The highest BCUT2D eigenvalue weighted by Gasteiger charge is 2.23. The van der Waals surface area contributed by atoms with Gasteiger partial charge >= 0.3 is 0 Å². The molecular weight excluding hydrogens is 340 g/mol. The number of rotatable bonds is 5. The molecule has 0 unspecified atom stereocenters. The van der Waals surface area contributed by atoms with Gasteiger partial charge in [-0.1, -0.05) is 13.8 Å². The summed E-state index contributed by atoms with van der Waals surface area (Å²) in [5.41, 5.74) is 9.97. The maximum atomic E-state index is 7.48. The summed E-state index contributed by atoms with van der Waals surface area (Å²) in [6, 6.07) is 0.335. The Morgan fingerprint density at radius 1 is 1.41 bits per heavy atom. The van der Waals surface area contributed by atoms with E-state index >= 15 is 0 Å². The van der Waals surface area contributed by atoms with Gasteiger partial charge in [-0.2, -0.15) is 0 Å². The zero-order valence-electron chi connectivity index (χ0n) is 16.1. The third kappa shape index (κ3) is 4.49. The minimum absolute atomic E-state index is 0.226. The van der Waals surface area contributed by atoms with Crippen LogP contribution in [0.2, 0.25) is 0 Å². The van der Waals surface area contributed by atoms with E-state index in [1.54, 1.807) is 6.08 Å². The molecule has 3 aliphatic heterocycles. The molecule has 0 amide bonds. The predicted octanol–water partition coefficient (Wildman–Crippen LogP) is 1.95. The number of aliphatic imine (C=N–C) groups is 1. The van der Waals surface area contributed by atoms with Crippen LogP contribution in [0.3, 0.4) is 0 Å². The third-order valence-corrected chi connectivity index (χ3v) is 4.73. The molecule has 1 atom stereocenters. The van der Waals surface area contributed by atoms with Gasteiger partial charge in [-0.25, -0.2) is 4.99 Å². The van der Waals surface area contributed by atoms with Crippen molar-refractivity contribution in [2.24, 2.45) is 16.6 Å². The largest absolute Gasteiger partial charge is 0.384 e. The fraction of sp³-hybridized carbons (Fsp3) is 0.400. The number of hydrogen-bond acceptors (Lipinski definition) is 6. The van der Waals surface area contributed by atoms with Crippen LogP contribution in [-0.2, 0) is 4.74 Å². The molecule has 1 saturated heterocycles. The molecule has 27 heavy (non-hydrogen) atoms. The number of morpholine rings is 1. The molecule has 3 rings (SSSR count). The molecule has 7 nitrogen and oxygen atoms in total. The number of ether oxygens (including phenoxy) is 1. The number of nitrogens with zero attached hydrogens (tertiary/aromatic N) is 2. The van der Waals surface area contributed by atoms with Gasteiger partial charge in [0.25, 0.3) is 0 Å². The first-order valence-corrected chi connectivity index (χ1v) is 9.26. The number of nitrogens with two attached hydrogens (primary N) is 1. The van der Waals surface area contributed by atoms with E-state index in [-0.39, 0.29) is 5.92 Å². The number of amidine groups is 1. The van der Waals surface area contributed by atoms with Crippen LogP contribution in [0.4, 0.5) is 0 Å². The van der Waals surface area contributed by atoms with E-state index < -0.39 is 0 Å². The van der Waals surface area contributed by atoms with Crippen LogP contribution in [0, 0.1) is 11.3 Å². The number of allylic oxidation sites excluding steroid dienone is 4. The fourth-order valence-corrected chi connectivity index (χ4v) is 3.14. The highest BCUT2D eigenvalue weighted by molar-refractivity contribution is 5.97. The summed E-state index contributed by atoms with van der Waals surface area (Å²) in [6.45, 7) is 8.56. The average Bonchev–Trinajstić information content (AvgIpc) is 2.65. The van der Waals surface area contributed by atoms with Crippen molar-refractivity contribution in [2.75, 3.05) is 19.8 Å². The van der Waals surface area contributed by atoms with Gasteiger partial charge in [-0.15, -0.1) is 0 Å². The number of dihydropyridines is 2. The van der Waals surface area contributed by atoms with E-state index in [9.17, 15) is 0 Å². The van der Waals surface area contributed by atoms with Crippen molar-refractivity contribution in [3.8, 4) is 0 Å². The van der Waals surface area contributed by atoms with Crippen molar-refractivity contribution in [2.45, 2.75) is 26.8 Å². The van der Waals surface area contributed by atoms with Gasteiger partial charge < -0.3 is 31.4 Å². The summed E-state index contributed by atoms with van der Waals surface area (Å²) in [6.07, 6.45) is 11.1.